The molecule has 122 valence electrons. The normalized spacial score (nSPS) is 16.4. The predicted molar refractivity (Wildman–Crippen MR) is 89.3 cm³/mol. The Morgan fingerprint density at radius 1 is 1.23 bits per heavy atom. The Bertz CT molecular complexity index is 485. The van der Waals surface area contributed by atoms with Gasteiger partial charge in [-0.05, 0) is 49.0 Å². The summed E-state index contributed by atoms with van der Waals surface area (Å²) in [6.07, 6.45) is 2.03. The lowest BCUT2D eigenvalue weighted by Crippen LogP contribution is -2.45. The lowest BCUT2D eigenvalue weighted by molar-refractivity contribution is -0.134. The highest BCUT2D eigenvalue weighted by Crippen LogP contribution is 2.24. The molecule has 0 aromatic heterocycles. The Morgan fingerprint density at radius 3 is 2.36 bits per heavy atom. The molecule has 1 aliphatic rings. The minimum atomic E-state index is 0.0480. The van der Waals surface area contributed by atoms with Crippen molar-refractivity contribution in [3.8, 4) is 5.75 Å². The summed E-state index contributed by atoms with van der Waals surface area (Å²) in [5.74, 6) is 0.798. The van der Waals surface area contributed by atoms with Crippen LogP contribution >= 0.6 is 0 Å². The number of carbonyl (C=O) groups is 1. The van der Waals surface area contributed by atoms with Crippen molar-refractivity contribution >= 4 is 5.91 Å². The Hall–Kier alpha value is -1.55. The van der Waals surface area contributed by atoms with E-state index in [4.69, 9.17) is 4.74 Å². The number of piperidine rings is 1. The molecule has 2 rings (SSSR count). The molecule has 4 nitrogen and oxygen atoms in total. The Kier molecular flexibility index (Phi) is 5.46. The van der Waals surface area contributed by atoms with Crippen LogP contribution in [0.25, 0.3) is 0 Å². The van der Waals surface area contributed by atoms with E-state index in [1.165, 1.54) is 5.56 Å². The van der Waals surface area contributed by atoms with Crippen molar-refractivity contribution in [2.75, 3.05) is 26.7 Å². The van der Waals surface area contributed by atoms with Crippen LogP contribution < -0.4 is 10.1 Å². The summed E-state index contributed by atoms with van der Waals surface area (Å²) in [6, 6.07) is 8.35. The second kappa shape index (κ2) is 7.14. The van der Waals surface area contributed by atoms with E-state index in [1.807, 2.05) is 24.1 Å². The van der Waals surface area contributed by atoms with Crippen LogP contribution in [0.15, 0.2) is 24.3 Å². The predicted octanol–water partition coefficient (Wildman–Crippen LogP) is 2.57. The Labute approximate surface area is 133 Å². The maximum atomic E-state index is 12.2. The highest BCUT2D eigenvalue weighted by Gasteiger charge is 2.22. The molecule has 4 heteroatoms. The molecule has 1 saturated heterocycles. The first-order valence-electron chi connectivity index (χ1n) is 8.07. The zero-order valence-corrected chi connectivity index (χ0v) is 14.2. The number of rotatable bonds is 4. The monoisotopic (exact) mass is 304 g/mol. The van der Waals surface area contributed by atoms with Crippen LogP contribution in [-0.2, 0) is 10.2 Å². The molecule has 0 spiro atoms. The summed E-state index contributed by atoms with van der Waals surface area (Å²) >= 11 is 0. The van der Waals surface area contributed by atoms with Crippen molar-refractivity contribution in [1.82, 2.24) is 10.2 Å². The van der Waals surface area contributed by atoms with E-state index in [1.54, 1.807) is 0 Å². The molecular formula is C18H28N2O2. The number of amides is 1. The molecule has 1 N–H and O–H groups in total. The van der Waals surface area contributed by atoms with Crippen LogP contribution in [0.5, 0.6) is 5.75 Å². The summed E-state index contributed by atoms with van der Waals surface area (Å²) in [7, 11) is 1.88. The first-order chi connectivity index (χ1) is 10.4. The van der Waals surface area contributed by atoms with Crippen molar-refractivity contribution < 1.29 is 9.53 Å². The van der Waals surface area contributed by atoms with Gasteiger partial charge in [-0.2, -0.15) is 0 Å². The van der Waals surface area contributed by atoms with Crippen molar-refractivity contribution in [3.63, 3.8) is 0 Å². The van der Waals surface area contributed by atoms with E-state index >= 15 is 0 Å². The van der Waals surface area contributed by atoms with Crippen molar-refractivity contribution in [1.29, 1.82) is 0 Å². The van der Waals surface area contributed by atoms with E-state index in [0.717, 1.165) is 31.7 Å². The van der Waals surface area contributed by atoms with Crippen LogP contribution in [0.1, 0.15) is 39.2 Å². The van der Waals surface area contributed by atoms with Crippen LogP contribution in [-0.4, -0.2) is 43.6 Å². The summed E-state index contributed by atoms with van der Waals surface area (Å²) < 4.78 is 5.64. The van der Waals surface area contributed by atoms with Gasteiger partial charge in [0.25, 0.3) is 5.91 Å². The zero-order chi connectivity index (χ0) is 16.2. The van der Waals surface area contributed by atoms with Crippen LogP contribution in [0.4, 0.5) is 0 Å². The fourth-order valence-corrected chi connectivity index (χ4v) is 2.70. The number of carbonyl (C=O) groups excluding carboxylic acids is 1. The summed E-state index contributed by atoms with van der Waals surface area (Å²) in [6.45, 7) is 8.62. The van der Waals surface area contributed by atoms with Gasteiger partial charge in [-0.3, -0.25) is 4.79 Å². The van der Waals surface area contributed by atoms with Gasteiger partial charge >= 0.3 is 0 Å². The largest absolute Gasteiger partial charge is 0.484 e. The van der Waals surface area contributed by atoms with E-state index in [2.05, 4.69) is 38.2 Å². The van der Waals surface area contributed by atoms with Gasteiger partial charge in [-0.25, -0.2) is 0 Å². The van der Waals surface area contributed by atoms with Crippen LogP contribution in [0.2, 0.25) is 0 Å². The second-order valence-corrected chi connectivity index (χ2v) is 7.05. The summed E-state index contributed by atoms with van der Waals surface area (Å²) in [4.78, 5) is 14.1. The molecule has 0 atom stereocenters. The highest BCUT2D eigenvalue weighted by molar-refractivity contribution is 5.77. The second-order valence-electron chi connectivity index (χ2n) is 7.05. The molecule has 1 aromatic carbocycles. The van der Waals surface area contributed by atoms with Gasteiger partial charge in [0.15, 0.2) is 6.61 Å². The fourth-order valence-electron chi connectivity index (χ4n) is 2.70. The molecule has 1 heterocycles. The minimum Gasteiger partial charge on any atom is -0.484 e. The highest BCUT2D eigenvalue weighted by atomic mass is 16.5. The number of hydrogen-bond acceptors (Lipinski definition) is 3. The average molecular weight is 304 g/mol. The van der Waals surface area contributed by atoms with Gasteiger partial charge in [-0.1, -0.05) is 32.9 Å². The standard InChI is InChI=1S/C18H28N2O2/c1-18(2,3)14-5-7-16(8-6-14)22-13-17(21)20(4)15-9-11-19-12-10-15/h5-8,15,19H,9-13H2,1-4H3. The third-order valence-electron chi connectivity index (χ3n) is 4.33. The molecule has 1 amide bonds. The quantitative estimate of drug-likeness (QED) is 0.929. The minimum absolute atomic E-state index is 0.0480. The maximum absolute atomic E-state index is 12.2. The lowest BCUT2D eigenvalue weighted by atomic mass is 9.87. The number of nitrogens with zero attached hydrogens (tertiary/aromatic N) is 1. The van der Waals surface area contributed by atoms with E-state index in [0.29, 0.717) is 6.04 Å². The molecular weight excluding hydrogens is 276 g/mol. The third-order valence-corrected chi connectivity index (χ3v) is 4.33. The summed E-state index contributed by atoms with van der Waals surface area (Å²) in [5.41, 5.74) is 1.39. The fraction of sp³-hybridized carbons (Fsp3) is 0.611. The first kappa shape index (κ1) is 16.8. The first-order valence-corrected chi connectivity index (χ1v) is 8.07. The number of hydrogen-bond donors (Lipinski definition) is 1. The smallest absolute Gasteiger partial charge is 0.260 e. The Balaban J connectivity index is 1.85. The van der Waals surface area contributed by atoms with Gasteiger partial charge in [0.1, 0.15) is 5.75 Å². The molecule has 22 heavy (non-hydrogen) atoms. The molecule has 0 unspecified atom stereocenters. The van der Waals surface area contributed by atoms with Gasteiger partial charge in [-0.15, -0.1) is 0 Å². The zero-order valence-electron chi connectivity index (χ0n) is 14.2. The van der Waals surface area contributed by atoms with Crippen molar-refractivity contribution in [2.45, 2.75) is 45.1 Å². The molecule has 0 saturated carbocycles. The SMILES string of the molecule is CN(C(=O)COc1ccc(C(C)(C)C)cc1)C1CCNCC1. The van der Waals surface area contributed by atoms with E-state index in [-0.39, 0.29) is 17.9 Å². The van der Waals surface area contributed by atoms with Gasteiger partial charge in [0.2, 0.25) is 0 Å². The number of benzene rings is 1. The number of likely N-dealkylation sites (N-methyl/N-ethyl adjacent to an activating group) is 1. The van der Waals surface area contributed by atoms with Gasteiger partial charge in [0, 0.05) is 13.1 Å². The molecule has 1 aliphatic heterocycles. The van der Waals surface area contributed by atoms with Crippen LogP contribution in [0.3, 0.4) is 0 Å². The van der Waals surface area contributed by atoms with E-state index < -0.39 is 0 Å². The van der Waals surface area contributed by atoms with E-state index in [9.17, 15) is 4.79 Å². The molecule has 0 aliphatic carbocycles. The Morgan fingerprint density at radius 2 is 1.82 bits per heavy atom. The molecule has 1 fully saturated rings. The van der Waals surface area contributed by atoms with Crippen LogP contribution in [0, 0.1) is 0 Å². The lowest BCUT2D eigenvalue weighted by Gasteiger charge is -2.31. The summed E-state index contributed by atoms with van der Waals surface area (Å²) in [5, 5.41) is 3.31. The molecule has 0 radical (unpaired) electrons. The van der Waals surface area contributed by atoms with Gasteiger partial charge in [0.05, 0.1) is 0 Å². The topological polar surface area (TPSA) is 41.6 Å². The van der Waals surface area contributed by atoms with Crippen molar-refractivity contribution in [2.24, 2.45) is 0 Å². The maximum Gasteiger partial charge on any atom is 0.260 e. The molecule has 1 aromatic rings. The van der Waals surface area contributed by atoms with Crippen molar-refractivity contribution in [3.05, 3.63) is 29.8 Å². The number of ether oxygens (including phenoxy) is 1. The number of nitrogens with one attached hydrogen (secondary N) is 1. The van der Waals surface area contributed by atoms with Gasteiger partial charge < -0.3 is 15.0 Å². The molecule has 0 bridgehead atoms. The average Bonchev–Trinajstić information content (AvgIpc) is 2.52. The third kappa shape index (κ3) is 4.47.